The van der Waals surface area contributed by atoms with Crippen LogP contribution in [0.25, 0.3) is 16.9 Å². The summed E-state index contributed by atoms with van der Waals surface area (Å²) in [4.78, 5) is 9.63. The standard InChI is InChI=1S/C25H29N5O2S/c1-4-23-24(30-16-18(2)28-19(3)25(30)29-23)21-12-10-20(11-13-21)14-15-26-17-27-33(31,32)22-8-6-5-7-9-22/h5-13,16,26-27H,4,14-15,17H2,1-3H3. The molecule has 2 aromatic carbocycles. The second-order valence-corrected chi connectivity index (χ2v) is 9.77. The lowest BCUT2D eigenvalue weighted by Crippen LogP contribution is -2.34. The highest BCUT2D eigenvalue weighted by atomic mass is 32.2. The van der Waals surface area contributed by atoms with E-state index in [1.54, 1.807) is 30.3 Å². The minimum atomic E-state index is -3.49. The number of hydrogen-bond acceptors (Lipinski definition) is 5. The first-order valence-corrected chi connectivity index (χ1v) is 12.6. The van der Waals surface area contributed by atoms with E-state index in [9.17, 15) is 8.42 Å². The monoisotopic (exact) mass is 463 g/mol. The maximum absolute atomic E-state index is 12.2. The van der Waals surface area contributed by atoms with E-state index in [1.807, 2.05) is 20.0 Å². The maximum Gasteiger partial charge on any atom is 0.241 e. The number of fused-ring (bicyclic) bond motifs is 1. The van der Waals surface area contributed by atoms with Gasteiger partial charge in [0.25, 0.3) is 0 Å². The number of sulfonamides is 1. The Morgan fingerprint density at radius 3 is 2.39 bits per heavy atom. The molecule has 4 rings (SSSR count). The van der Waals surface area contributed by atoms with E-state index in [0.717, 1.165) is 46.8 Å². The molecule has 2 aromatic heterocycles. The Labute approximate surface area is 195 Å². The zero-order valence-electron chi connectivity index (χ0n) is 19.2. The Morgan fingerprint density at radius 1 is 0.970 bits per heavy atom. The fourth-order valence-electron chi connectivity index (χ4n) is 3.92. The first kappa shape index (κ1) is 23.1. The van der Waals surface area contributed by atoms with E-state index in [2.05, 4.69) is 50.6 Å². The fraction of sp³-hybridized carbons (Fsp3) is 0.280. The van der Waals surface area contributed by atoms with Gasteiger partial charge in [-0.2, -0.15) is 4.72 Å². The summed E-state index contributed by atoms with van der Waals surface area (Å²) in [7, 11) is -3.49. The van der Waals surface area contributed by atoms with Gasteiger partial charge >= 0.3 is 0 Å². The first-order valence-electron chi connectivity index (χ1n) is 11.1. The van der Waals surface area contributed by atoms with Gasteiger partial charge in [0.2, 0.25) is 10.0 Å². The molecule has 4 aromatic rings. The van der Waals surface area contributed by atoms with Gasteiger partial charge in [0.1, 0.15) is 0 Å². The molecule has 0 fully saturated rings. The van der Waals surface area contributed by atoms with Crippen LogP contribution in [0.4, 0.5) is 0 Å². The minimum Gasteiger partial charge on any atom is -0.303 e. The minimum absolute atomic E-state index is 0.184. The Bertz CT molecular complexity index is 1350. The molecule has 0 aliphatic carbocycles. The lowest BCUT2D eigenvalue weighted by atomic mass is 10.0. The average Bonchev–Trinajstić information content (AvgIpc) is 3.18. The van der Waals surface area contributed by atoms with Gasteiger partial charge in [-0.25, -0.2) is 13.4 Å². The van der Waals surface area contributed by atoms with Crippen molar-refractivity contribution in [3.63, 3.8) is 0 Å². The average molecular weight is 464 g/mol. The summed E-state index contributed by atoms with van der Waals surface area (Å²) in [5.41, 5.74) is 7.27. The maximum atomic E-state index is 12.2. The third-order valence-electron chi connectivity index (χ3n) is 5.56. The van der Waals surface area contributed by atoms with Crippen molar-refractivity contribution in [3.8, 4) is 11.3 Å². The normalized spacial score (nSPS) is 11.8. The van der Waals surface area contributed by atoms with Crippen LogP contribution in [0.15, 0.2) is 65.7 Å². The van der Waals surface area contributed by atoms with Crippen LogP contribution >= 0.6 is 0 Å². The van der Waals surface area contributed by atoms with Gasteiger partial charge in [-0.1, -0.05) is 49.4 Å². The first-order chi connectivity index (χ1) is 15.9. The Kier molecular flexibility index (Phi) is 6.88. The smallest absolute Gasteiger partial charge is 0.241 e. The summed E-state index contributed by atoms with van der Waals surface area (Å²) in [6, 6.07) is 16.9. The van der Waals surface area contributed by atoms with Crippen LogP contribution in [0.3, 0.4) is 0 Å². The number of aryl methyl sites for hydroxylation is 3. The van der Waals surface area contributed by atoms with Crippen molar-refractivity contribution in [1.29, 1.82) is 0 Å². The number of nitrogens with one attached hydrogen (secondary N) is 2. The number of imidazole rings is 1. The molecule has 0 spiro atoms. The van der Waals surface area contributed by atoms with Gasteiger partial charge in [0.15, 0.2) is 5.65 Å². The molecule has 0 unspecified atom stereocenters. The third kappa shape index (κ3) is 5.13. The molecule has 0 aliphatic heterocycles. The Morgan fingerprint density at radius 2 is 1.70 bits per heavy atom. The Balaban J connectivity index is 1.39. The van der Waals surface area contributed by atoms with E-state index in [-0.39, 0.29) is 11.6 Å². The number of rotatable bonds is 9. The van der Waals surface area contributed by atoms with Crippen LogP contribution in [-0.4, -0.2) is 36.0 Å². The molecular formula is C25H29N5O2S. The van der Waals surface area contributed by atoms with Crippen LogP contribution < -0.4 is 10.0 Å². The highest BCUT2D eigenvalue weighted by molar-refractivity contribution is 7.89. The number of hydrogen-bond donors (Lipinski definition) is 2. The van der Waals surface area contributed by atoms with Crippen LogP contribution in [-0.2, 0) is 22.9 Å². The molecule has 0 atom stereocenters. The third-order valence-corrected chi connectivity index (χ3v) is 6.98. The molecule has 0 radical (unpaired) electrons. The second kappa shape index (κ2) is 9.82. The van der Waals surface area contributed by atoms with Crippen molar-refractivity contribution < 1.29 is 8.42 Å². The Hall–Kier alpha value is -3.07. The van der Waals surface area contributed by atoms with Crippen molar-refractivity contribution in [2.24, 2.45) is 0 Å². The zero-order chi connectivity index (χ0) is 23.4. The summed E-state index contributed by atoms with van der Waals surface area (Å²) in [5, 5.41) is 3.15. The summed E-state index contributed by atoms with van der Waals surface area (Å²) in [6.45, 7) is 6.96. The molecule has 0 saturated carbocycles. The van der Waals surface area contributed by atoms with E-state index in [0.29, 0.717) is 6.54 Å². The quantitative estimate of drug-likeness (QED) is 0.292. The van der Waals surface area contributed by atoms with Crippen LogP contribution in [0.1, 0.15) is 29.6 Å². The van der Waals surface area contributed by atoms with Gasteiger partial charge in [0, 0.05) is 18.3 Å². The van der Waals surface area contributed by atoms with Gasteiger partial charge < -0.3 is 5.32 Å². The molecule has 0 bridgehead atoms. The molecule has 0 saturated heterocycles. The van der Waals surface area contributed by atoms with Gasteiger partial charge in [0.05, 0.1) is 34.3 Å². The summed E-state index contributed by atoms with van der Waals surface area (Å²) in [6.07, 6.45) is 3.68. The highest BCUT2D eigenvalue weighted by Crippen LogP contribution is 2.27. The summed E-state index contributed by atoms with van der Waals surface area (Å²) >= 11 is 0. The lowest BCUT2D eigenvalue weighted by molar-refractivity contribution is 0.569. The molecule has 2 N–H and O–H groups in total. The number of nitrogens with zero attached hydrogens (tertiary/aromatic N) is 3. The van der Waals surface area contributed by atoms with Crippen molar-refractivity contribution in [3.05, 3.63) is 83.4 Å². The molecule has 33 heavy (non-hydrogen) atoms. The largest absolute Gasteiger partial charge is 0.303 e. The molecule has 2 heterocycles. The van der Waals surface area contributed by atoms with E-state index >= 15 is 0 Å². The fourth-order valence-corrected chi connectivity index (χ4v) is 4.90. The van der Waals surface area contributed by atoms with Crippen molar-refractivity contribution in [2.75, 3.05) is 13.2 Å². The van der Waals surface area contributed by atoms with Gasteiger partial charge in [-0.15, -0.1) is 0 Å². The van der Waals surface area contributed by atoms with Crippen molar-refractivity contribution in [2.45, 2.75) is 38.5 Å². The van der Waals surface area contributed by atoms with Crippen LogP contribution in [0.2, 0.25) is 0 Å². The molecule has 0 aliphatic rings. The highest BCUT2D eigenvalue weighted by Gasteiger charge is 2.15. The van der Waals surface area contributed by atoms with Crippen molar-refractivity contribution in [1.82, 2.24) is 24.4 Å². The number of aromatic nitrogens is 3. The van der Waals surface area contributed by atoms with Crippen LogP contribution in [0.5, 0.6) is 0 Å². The van der Waals surface area contributed by atoms with E-state index in [1.165, 1.54) is 5.56 Å². The molecular weight excluding hydrogens is 434 g/mol. The number of benzene rings is 2. The SMILES string of the molecule is CCc1nc2c(C)nc(C)cn2c1-c1ccc(CCNCNS(=O)(=O)c2ccccc2)cc1. The lowest BCUT2D eigenvalue weighted by Gasteiger charge is -2.09. The molecule has 8 heteroatoms. The van der Waals surface area contributed by atoms with Crippen molar-refractivity contribution >= 4 is 15.7 Å². The molecule has 0 amide bonds. The van der Waals surface area contributed by atoms with E-state index in [4.69, 9.17) is 4.98 Å². The van der Waals surface area contributed by atoms with Crippen LogP contribution in [0, 0.1) is 13.8 Å². The van der Waals surface area contributed by atoms with Gasteiger partial charge in [-0.05, 0) is 44.4 Å². The predicted molar refractivity (Wildman–Crippen MR) is 131 cm³/mol. The zero-order valence-corrected chi connectivity index (χ0v) is 20.0. The second-order valence-electron chi connectivity index (χ2n) is 8.01. The predicted octanol–water partition coefficient (Wildman–Crippen LogP) is 3.64. The van der Waals surface area contributed by atoms with E-state index < -0.39 is 10.0 Å². The molecule has 7 nitrogen and oxygen atoms in total. The topological polar surface area (TPSA) is 88.4 Å². The summed E-state index contributed by atoms with van der Waals surface area (Å²) in [5.74, 6) is 0. The summed E-state index contributed by atoms with van der Waals surface area (Å²) < 4.78 is 29.2. The molecule has 172 valence electrons. The van der Waals surface area contributed by atoms with Gasteiger partial charge in [-0.3, -0.25) is 9.38 Å².